The van der Waals surface area contributed by atoms with Gasteiger partial charge in [0.1, 0.15) is 5.82 Å². The zero-order chi connectivity index (χ0) is 15.0. The lowest BCUT2D eigenvalue weighted by molar-refractivity contribution is 0.639. The second kappa shape index (κ2) is 5.50. The van der Waals surface area contributed by atoms with Gasteiger partial charge in [-0.15, -0.1) is 11.6 Å². The van der Waals surface area contributed by atoms with Gasteiger partial charge in [-0.3, -0.25) is 0 Å². The summed E-state index contributed by atoms with van der Waals surface area (Å²) in [6.45, 7) is 4.15. The van der Waals surface area contributed by atoms with Crippen LogP contribution in [0.25, 0.3) is 10.8 Å². The van der Waals surface area contributed by atoms with Gasteiger partial charge in [0.2, 0.25) is 0 Å². The molecular weight excluding hydrogens is 283 g/mol. The third kappa shape index (κ3) is 2.54. The molecule has 0 saturated carbocycles. The van der Waals surface area contributed by atoms with Gasteiger partial charge in [0.05, 0.1) is 5.38 Å². The van der Waals surface area contributed by atoms with E-state index >= 15 is 0 Å². The Bertz CT molecular complexity index is 808. The molecule has 0 aliphatic heterocycles. The quantitative estimate of drug-likeness (QED) is 0.515. The van der Waals surface area contributed by atoms with Crippen LogP contribution in [0.1, 0.15) is 27.6 Å². The van der Waals surface area contributed by atoms with Crippen LogP contribution in [0.5, 0.6) is 0 Å². The smallest absolute Gasteiger partial charge is 0.131 e. The van der Waals surface area contributed by atoms with Crippen molar-refractivity contribution in [3.63, 3.8) is 0 Å². The average Bonchev–Trinajstić information content (AvgIpc) is 2.50. The van der Waals surface area contributed by atoms with Crippen molar-refractivity contribution in [2.45, 2.75) is 19.2 Å². The van der Waals surface area contributed by atoms with Gasteiger partial charge in [-0.05, 0) is 47.6 Å². The average molecular weight is 299 g/mol. The van der Waals surface area contributed by atoms with Crippen LogP contribution in [0.2, 0.25) is 0 Å². The highest BCUT2D eigenvalue weighted by molar-refractivity contribution is 6.23. The highest BCUT2D eigenvalue weighted by Crippen LogP contribution is 2.35. The topological polar surface area (TPSA) is 0 Å². The van der Waals surface area contributed by atoms with Gasteiger partial charge in [-0.2, -0.15) is 0 Å². The highest BCUT2D eigenvalue weighted by atomic mass is 35.5. The second-order valence-electron chi connectivity index (χ2n) is 5.39. The first-order valence-electron chi connectivity index (χ1n) is 6.96. The van der Waals surface area contributed by atoms with E-state index in [1.807, 2.05) is 24.3 Å². The van der Waals surface area contributed by atoms with Crippen molar-refractivity contribution >= 4 is 22.4 Å². The molecule has 1 atom stereocenters. The molecule has 0 heterocycles. The van der Waals surface area contributed by atoms with Crippen LogP contribution < -0.4 is 0 Å². The van der Waals surface area contributed by atoms with Crippen molar-refractivity contribution in [2.24, 2.45) is 0 Å². The number of halogens is 2. The fraction of sp³-hybridized carbons (Fsp3) is 0.158. The van der Waals surface area contributed by atoms with E-state index in [0.717, 1.165) is 16.5 Å². The normalized spacial score (nSPS) is 12.6. The van der Waals surface area contributed by atoms with E-state index in [1.165, 1.54) is 17.2 Å². The summed E-state index contributed by atoms with van der Waals surface area (Å²) in [5.74, 6) is -0.210. The standard InChI is InChI=1S/C19H16ClF/c1-12-7-8-14(11-13(12)2)19(20)17-9-10-18(21)16-6-4-3-5-15(16)17/h3-11,19H,1-2H3. The van der Waals surface area contributed by atoms with Gasteiger partial charge in [0, 0.05) is 5.39 Å². The Kier molecular flexibility index (Phi) is 3.69. The Morgan fingerprint density at radius 2 is 1.57 bits per heavy atom. The fourth-order valence-electron chi connectivity index (χ4n) is 2.61. The summed E-state index contributed by atoms with van der Waals surface area (Å²) >= 11 is 6.66. The molecule has 0 aromatic heterocycles. The molecule has 3 aromatic carbocycles. The molecule has 0 saturated heterocycles. The number of benzene rings is 3. The van der Waals surface area contributed by atoms with Gasteiger partial charge < -0.3 is 0 Å². The van der Waals surface area contributed by atoms with E-state index in [0.29, 0.717) is 5.39 Å². The third-order valence-corrected chi connectivity index (χ3v) is 4.49. The molecule has 0 aliphatic rings. The Morgan fingerprint density at radius 3 is 2.29 bits per heavy atom. The number of alkyl halides is 1. The van der Waals surface area contributed by atoms with Gasteiger partial charge in [-0.25, -0.2) is 4.39 Å². The van der Waals surface area contributed by atoms with Crippen LogP contribution in [0.3, 0.4) is 0 Å². The van der Waals surface area contributed by atoms with Crippen LogP contribution in [0, 0.1) is 19.7 Å². The fourth-order valence-corrected chi connectivity index (χ4v) is 2.93. The summed E-state index contributed by atoms with van der Waals surface area (Å²) in [5.41, 5.74) is 4.43. The van der Waals surface area contributed by atoms with E-state index in [4.69, 9.17) is 11.6 Å². The van der Waals surface area contributed by atoms with Crippen LogP contribution in [0.15, 0.2) is 54.6 Å². The maximum atomic E-state index is 13.9. The molecule has 0 N–H and O–H groups in total. The van der Waals surface area contributed by atoms with Crippen molar-refractivity contribution in [3.05, 3.63) is 82.7 Å². The summed E-state index contributed by atoms with van der Waals surface area (Å²) in [7, 11) is 0. The summed E-state index contributed by atoms with van der Waals surface area (Å²) in [5, 5.41) is 1.20. The van der Waals surface area contributed by atoms with E-state index in [-0.39, 0.29) is 11.2 Å². The number of hydrogen-bond donors (Lipinski definition) is 0. The van der Waals surface area contributed by atoms with E-state index < -0.39 is 0 Å². The van der Waals surface area contributed by atoms with E-state index in [9.17, 15) is 4.39 Å². The first kappa shape index (κ1) is 14.1. The van der Waals surface area contributed by atoms with E-state index in [1.54, 1.807) is 12.1 Å². The lowest BCUT2D eigenvalue weighted by atomic mass is 9.96. The molecule has 21 heavy (non-hydrogen) atoms. The summed E-state index contributed by atoms with van der Waals surface area (Å²) in [4.78, 5) is 0. The minimum atomic E-state index is -0.283. The second-order valence-corrected chi connectivity index (χ2v) is 5.82. The van der Waals surface area contributed by atoms with Gasteiger partial charge >= 0.3 is 0 Å². The molecule has 2 heteroatoms. The van der Waals surface area contributed by atoms with E-state index in [2.05, 4.69) is 26.0 Å². The molecule has 0 bridgehead atoms. The first-order chi connectivity index (χ1) is 10.1. The Hall–Kier alpha value is -1.86. The predicted molar refractivity (Wildman–Crippen MR) is 87.5 cm³/mol. The lowest BCUT2D eigenvalue weighted by Gasteiger charge is -2.15. The van der Waals surface area contributed by atoms with Crippen molar-refractivity contribution in [2.75, 3.05) is 0 Å². The Morgan fingerprint density at radius 1 is 0.857 bits per heavy atom. The molecule has 3 rings (SSSR count). The van der Waals surface area contributed by atoms with Crippen LogP contribution in [-0.4, -0.2) is 0 Å². The molecule has 0 amide bonds. The first-order valence-corrected chi connectivity index (χ1v) is 7.40. The maximum absolute atomic E-state index is 13.9. The van der Waals surface area contributed by atoms with Crippen molar-refractivity contribution in [1.82, 2.24) is 0 Å². The van der Waals surface area contributed by atoms with Gasteiger partial charge in [-0.1, -0.05) is 48.5 Å². The number of fused-ring (bicyclic) bond motifs is 1. The lowest BCUT2D eigenvalue weighted by Crippen LogP contribution is -1.97. The monoisotopic (exact) mass is 298 g/mol. The predicted octanol–water partition coefficient (Wildman–Crippen LogP) is 5.92. The number of rotatable bonds is 2. The Labute approximate surface area is 129 Å². The van der Waals surface area contributed by atoms with Crippen LogP contribution >= 0.6 is 11.6 Å². The summed E-state index contributed by atoms with van der Waals surface area (Å²) in [6.07, 6.45) is 0. The Balaban J connectivity index is 2.15. The maximum Gasteiger partial charge on any atom is 0.131 e. The molecule has 0 spiro atoms. The largest absolute Gasteiger partial charge is 0.206 e. The SMILES string of the molecule is Cc1ccc(C(Cl)c2ccc(F)c3ccccc23)cc1C. The molecule has 1 unspecified atom stereocenters. The minimum Gasteiger partial charge on any atom is -0.206 e. The molecule has 0 radical (unpaired) electrons. The zero-order valence-electron chi connectivity index (χ0n) is 12.0. The molecule has 0 aliphatic carbocycles. The molecule has 0 fully saturated rings. The molecule has 3 aromatic rings. The van der Waals surface area contributed by atoms with Gasteiger partial charge in [0.15, 0.2) is 0 Å². The van der Waals surface area contributed by atoms with Crippen LogP contribution in [0.4, 0.5) is 4.39 Å². The minimum absolute atomic E-state index is 0.210. The van der Waals surface area contributed by atoms with Gasteiger partial charge in [0.25, 0.3) is 0 Å². The third-order valence-electron chi connectivity index (χ3n) is 4.00. The van der Waals surface area contributed by atoms with Crippen molar-refractivity contribution < 1.29 is 4.39 Å². The molecular formula is C19H16ClF. The van der Waals surface area contributed by atoms with Crippen molar-refractivity contribution in [3.8, 4) is 0 Å². The zero-order valence-corrected chi connectivity index (χ0v) is 12.8. The number of aryl methyl sites for hydroxylation is 2. The number of hydrogen-bond acceptors (Lipinski definition) is 0. The summed E-state index contributed by atoms with van der Waals surface area (Å²) in [6, 6.07) is 17.0. The highest BCUT2D eigenvalue weighted by Gasteiger charge is 2.15. The summed E-state index contributed by atoms with van der Waals surface area (Å²) < 4.78 is 13.9. The molecule has 106 valence electrons. The molecule has 0 nitrogen and oxygen atoms in total. The van der Waals surface area contributed by atoms with Crippen LogP contribution in [-0.2, 0) is 0 Å². The van der Waals surface area contributed by atoms with Crippen molar-refractivity contribution in [1.29, 1.82) is 0 Å².